The third-order valence-electron chi connectivity index (χ3n) is 3.69. The Labute approximate surface area is 133 Å². The lowest BCUT2D eigenvalue weighted by Gasteiger charge is -2.34. The van der Waals surface area contributed by atoms with Gasteiger partial charge in [-0.15, -0.1) is 0 Å². The van der Waals surface area contributed by atoms with Crippen LogP contribution in [-0.4, -0.2) is 52.0 Å². The van der Waals surface area contributed by atoms with Gasteiger partial charge in [-0.05, 0) is 19.1 Å². The lowest BCUT2D eigenvalue weighted by Crippen LogP contribution is -2.48. The second-order valence-electron chi connectivity index (χ2n) is 5.28. The average Bonchev–Trinajstić information content (AvgIpc) is 2.93. The maximum Gasteiger partial charge on any atom is 0.255 e. The lowest BCUT2D eigenvalue weighted by molar-refractivity contribution is 0.0615. The van der Waals surface area contributed by atoms with Crippen LogP contribution in [0.3, 0.4) is 0 Å². The molecule has 1 aromatic heterocycles. The molecule has 1 aromatic carbocycles. The predicted octanol–water partition coefficient (Wildman–Crippen LogP) is 1.99. The summed E-state index contributed by atoms with van der Waals surface area (Å²) in [6.07, 6.45) is 0. The Morgan fingerprint density at radius 2 is 2.00 bits per heavy atom. The Kier molecular flexibility index (Phi) is 4.40. The van der Waals surface area contributed by atoms with Crippen LogP contribution in [-0.2, 0) is 6.54 Å². The molecule has 1 saturated heterocycles. The molecule has 0 spiro atoms. The Morgan fingerprint density at radius 1 is 1.27 bits per heavy atom. The van der Waals surface area contributed by atoms with Gasteiger partial charge in [-0.2, -0.15) is 4.98 Å². The standard InChI is InChI=1S/C15H17ClN4O2/c1-11-17-14(22-18-11)10-19-6-8-20(9-7-19)15(21)12-4-2-3-5-13(12)16/h2-5H,6-10H2,1H3. The van der Waals surface area contributed by atoms with Crippen LogP contribution in [0.25, 0.3) is 0 Å². The first-order chi connectivity index (χ1) is 10.6. The Hall–Kier alpha value is -1.92. The summed E-state index contributed by atoms with van der Waals surface area (Å²) in [7, 11) is 0. The van der Waals surface area contributed by atoms with Gasteiger partial charge in [0.15, 0.2) is 5.82 Å². The zero-order chi connectivity index (χ0) is 15.5. The molecule has 6 nitrogen and oxygen atoms in total. The van der Waals surface area contributed by atoms with Crippen molar-refractivity contribution in [1.82, 2.24) is 19.9 Å². The number of carbonyl (C=O) groups excluding carboxylic acids is 1. The monoisotopic (exact) mass is 320 g/mol. The first kappa shape index (κ1) is 15.0. The Bertz CT molecular complexity index is 665. The van der Waals surface area contributed by atoms with Crippen LogP contribution in [0.2, 0.25) is 5.02 Å². The van der Waals surface area contributed by atoms with Crippen LogP contribution in [0.1, 0.15) is 22.1 Å². The number of hydrogen-bond acceptors (Lipinski definition) is 5. The molecule has 0 radical (unpaired) electrons. The summed E-state index contributed by atoms with van der Waals surface area (Å²) in [5.74, 6) is 1.24. The second kappa shape index (κ2) is 6.46. The molecule has 1 aliphatic rings. The molecule has 0 bridgehead atoms. The molecule has 7 heteroatoms. The van der Waals surface area contributed by atoms with Crippen molar-refractivity contribution >= 4 is 17.5 Å². The molecule has 3 rings (SSSR count). The molecule has 116 valence electrons. The van der Waals surface area contributed by atoms with E-state index in [0.717, 1.165) is 13.1 Å². The molecule has 1 fully saturated rings. The van der Waals surface area contributed by atoms with E-state index in [9.17, 15) is 4.79 Å². The van der Waals surface area contributed by atoms with Crippen LogP contribution in [0.15, 0.2) is 28.8 Å². The number of benzene rings is 1. The minimum Gasteiger partial charge on any atom is -0.338 e. The largest absolute Gasteiger partial charge is 0.338 e. The van der Waals surface area contributed by atoms with Crippen molar-refractivity contribution in [1.29, 1.82) is 0 Å². The average molecular weight is 321 g/mol. The van der Waals surface area contributed by atoms with Crippen LogP contribution in [0, 0.1) is 6.92 Å². The summed E-state index contributed by atoms with van der Waals surface area (Å²) >= 11 is 6.09. The van der Waals surface area contributed by atoms with Gasteiger partial charge in [0.25, 0.3) is 5.91 Å². The molecule has 0 aliphatic carbocycles. The highest BCUT2D eigenvalue weighted by molar-refractivity contribution is 6.33. The molecule has 2 aromatic rings. The van der Waals surface area contributed by atoms with Crippen molar-refractivity contribution in [3.05, 3.63) is 46.6 Å². The third kappa shape index (κ3) is 3.28. The number of piperazine rings is 1. The molecular weight excluding hydrogens is 304 g/mol. The number of halogens is 1. The summed E-state index contributed by atoms with van der Waals surface area (Å²) < 4.78 is 5.13. The van der Waals surface area contributed by atoms with E-state index in [0.29, 0.717) is 41.9 Å². The van der Waals surface area contributed by atoms with E-state index >= 15 is 0 Å². The van der Waals surface area contributed by atoms with Gasteiger partial charge in [0.2, 0.25) is 5.89 Å². The Balaban J connectivity index is 1.57. The quantitative estimate of drug-likeness (QED) is 0.865. The number of nitrogens with zero attached hydrogens (tertiary/aromatic N) is 4. The smallest absolute Gasteiger partial charge is 0.255 e. The zero-order valence-corrected chi connectivity index (χ0v) is 13.1. The number of rotatable bonds is 3. The maximum atomic E-state index is 12.5. The molecular formula is C15H17ClN4O2. The van der Waals surface area contributed by atoms with Crippen LogP contribution >= 0.6 is 11.6 Å². The Morgan fingerprint density at radius 3 is 2.64 bits per heavy atom. The van der Waals surface area contributed by atoms with E-state index in [1.165, 1.54) is 0 Å². The van der Waals surface area contributed by atoms with Gasteiger partial charge in [0, 0.05) is 26.2 Å². The lowest BCUT2D eigenvalue weighted by atomic mass is 10.2. The van der Waals surface area contributed by atoms with Gasteiger partial charge in [0.1, 0.15) is 0 Å². The van der Waals surface area contributed by atoms with Crippen molar-refractivity contribution in [2.45, 2.75) is 13.5 Å². The third-order valence-corrected chi connectivity index (χ3v) is 4.02. The zero-order valence-electron chi connectivity index (χ0n) is 12.3. The summed E-state index contributed by atoms with van der Waals surface area (Å²) in [6, 6.07) is 7.15. The highest BCUT2D eigenvalue weighted by atomic mass is 35.5. The van der Waals surface area contributed by atoms with Gasteiger partial charge >= 0.3 is 0 Å². The van der Waals surface area contributed by atoms with E-state index in [2.05, 4.69) is 15.0 Å². The van der Waals surface area contributed by atoms with Crippen molar-refractivity contribution in [3.8, 4) is 0 Å². The summed E-state index contributed by atoms with van der Waals surface area (Å²) in [5, 5.41) is 4.28. The van der Waals surface area contributed by atoms with Crippen molar-refractivity contribution in [3.63, 3.8) is 0 Å². The minimum atomic E-state index is -0.0149. The molecule has 1 amide bonds. The fraction of sp³-hybridized carbons (Fsp3) is 0.400. The van der Waals surface area contributed by atoms with Gasteiger partial charge in [-0.1, -0.05) is 28.9 Å². The first-order valence-corrected chi connectivity index (χ1v) is 7.56. The normalized spacial score (nSPS) is 16.0. The molecule has 2 heterocycles. The summed E-state index contributed by atoms with van der Waals surface area (Å²) in [4.78, 5) is 20.7. The number of amides is 1. The predicted molar refractivity (Wildman–Crippen MR) is 81.7 cm³/mol. The first-order valence-electron chi connectivity index (χ1n) is 7.19. The number of carbonyl (C=O) groups is 1. The van der Waals surface area contributed by atoms with E-state index in [4.69, 9.17) is 16.1 Å². The fourth-order valence-electron chi connectivity index (χ4n) is 2.51. The van der Waals surface area contributed by atoms with E-state index in [1.807, 2.05) is 17.0 Å². The number of hydrogen-bond donors (Lipinski definition) is 0. The molecule has 1 aliphatic heterocycles. The van der Waals surface area contributed by atoms with Gasteiger partial charge < -0.3 is 9.42 Å². The molecule has 0 atom stereocenters. The summed E-state index contributed by atoms with van der Waals surface area (Å²) in [6.45, 7) is 5.30. The highest BCUT2D eigenvalue weighted by Gasteiger charge is 2.24. The molecule has 0 saturated carbocycles. The van der Waals surface area contributed by atoms with Crippen LogP contribution < -0.4 is 0 Å². The van der Waals surface area contributed by atoms with E-state index < -0.39 is 0 Å². The topological polar surface area (TPSA) is 62.5 Å². The SMILES string of the molecule is Cc1noc(CN2CCN(C(=O)c3ccccc3Cl)CC2)n1. The van der Waals surface area contributed by atoms with Crippen LogP contribution in [0.5, 0.6) is 0 Å². The molecule has 0 unspecified atom stereocenters. The van der Waals surface area contributed by atoms with Gasteiger partial charge in [-0.3, -0.25) is 9.69 Å². The van der Waals surface area contributed by atoms with Gasteiger partial charge in [0.05, 0.1) is 17.1 Å². The minimum absolute atomic E-state index is 0.0149. The maximum absolute atomic E-state index is 12.5. The highest BCUT2D eigenvalue weighted by Crippen LogP contribution is 2.18. The fourth-order valence-corrected chi connectivity index (χ4v) is 2.73. The number of aromatic nitrogens is 2. The molecule has 22 heavy (non-hydrogen) atoms. The van der Waals surface area contributed by atoms with Crippen molar-refractivity contribution in [2.24, 2.45) is 0 Å². The number of aryl methyl sites for hydroxylation is 1. The second-order valence-corrected chi connectivity index (χ2v) is 5.69. The van der Waals surface area contributed by atoms with E-state index in [1.54, 1.807) is 19.1 Å². The summed E-state index contributed by atoms with van der Waals surface area (Å²) in [5.41, 5.74) is 0.560. The van der Waals surface area contributed by atoms with Crippen molar-refractivity contribution < 1.29 is 9.32 Å². The molecule has 0 N–H and O–H groups in total. The van der Waals surface area contributed by atoms with Gasteiger partial charge in [-0.25, -0.2) is 0 Å². The van der Waals surface area contributed by atoms with Crippen LogP contribution in [0.4, 0.5) is 0 Å². The van der Waals surface area contributed by atoms with Crippen molar-refractivity contribution in [2.75, 3.05) is 26.2 Å². The van der Waals surface area contributed by atoms with E-state index in [-0.39, 0.29) is 5.91 Å².